The summed E-state index contributed by atoms with van der Waals surface area (Å²) in [6, 6.07) is 14.5. The molecule has 2 atom stereocenters. The molecule has 0 aromatic heterocycles. The first-order chi connectivity index (χ1) is 11.9. The lowest BCUT2D eigenvalue weighted by Gasteiger charge is -2.17. The van der Waals surface area contributed by atoms with Gasteiger partial charge >= 0.3 is 5.97 Å². The van der Waals surface area contributed by atoms with E-state index in [2.05, 4.69) is 5.32 Å². The highest BCUT2D eigenvalue weighted by Gasteiger charge is 2.21. The number of rotatable bonds is 6. The predicted molar refractivity (Wildman–Crippen MR) is 95.6 cm³/mol. The van der Waals surface area contributed by atoms with Crippen molar-refractivity contribution in [3.05, 3.63) is 65.2 Å². The van der Waals surface area contributed by atoms with Gasteiger partial charge in [0.15, 0.2) is 6.10 Å². The first-order valence-corrected chi connectivity index (χ1v) is 8.21. The average Bonchev–Trinajstić information content (AvgIpc) is 2.59. The molecule has 0 bridgehead atoms. The number of aromatic hydroxyl groups is 1. The van der Waals surface area contributed by atoms with Gasteiger partial charge in [0.05, 0.1) is 0 Å². The number of phenolic OH excluding ortho intramolecular Hbond substituents is 1. The lowest BCUT2D eigenvalue weighted by atomic mass is 10.0. The third kappa shape index (κ3) is 5.08. The van der Waals surface area contributed by atoms with Crippen LogP contribution in [0.1, 0.15) is 41.3 Å². The van der Waals surface area contributed by atoms with E-state index in [0.717, 1.165) is 11.1 Å². The van der Waals surface area contributed by atoms with Gasteiger partial charge in [0.1, 0.15) is 11.3 Å². The zero-order chi connectivity index (χ0) is 18.4. The third-order valence-corrected chi connectivity index (χ3v) is 3.98. The Kier molecular flexibility index (Phi) is 6.17. The van der Waals surface area contributed by atoms with Gasteiger partial charge in [-0.25, -0.2) is 4.79 Å². The van der Waals surface area contributed by atoms with E-state index in [1.165, 1.54) is 19.1 Å². The Bertz CT molecular complexity index is 743. The standard InChI is InChI=1S/C20H23NO4/c1-13-9-10-17(18(22)11-13)20(24)25-15(3)19(23)21-12-14(2)16-7-5-4-6-8-16/h4-11,14-15,22H,12H2,1-3H3,(H,21,23)/t14-,15-/m1/s1. The van der Waals surface area contributed by atoms with E-state index < -0.39 is 12.1 Å². The van der Waals surface area contributed by atoms with Crippen LogP contribution < -0.4 is 5.32 Å². The molecule has 0 aliphatic carbocycles. The molecule has 2 rings (SSSR count). The molecule has 2 aromatic rings. The van der Waals surface area contributed by atoms with E-state index in [9.17, 15) is 14.7 Å². The largest absolute Gasteiger partial charge is 0.507 e. The number of ether oxygens (including phenoxy) is 1. The number of aryl methyl sites for hydroxylation is 1. The van der Waals surface area contributed by atoms with Crippen LogP contribution >= 0.6 is 0 Å². The van der Waals surface area contributed by atoms with Gasteiger partial charge in [-0.05, 0) is 43.0 Å². The van der Waals surface area contributed by atoms with E-state index in [-0.39, 0.29) is 23.1 Å². The summed E-state index contributed by atoms with van der Waals surface area (Å²) in [5.41, 5.74) is 2.00. The molecule has 132 valence electrons. The van der Waals surface area contributed by atoms with Gasteiger partial charge in [0.2, 0.25) is 0 Å². The topological polar surface area (TPSA) is 75.6 Å². The summed E-state index contributed by atoms with van der Waals surface area (Å²) in [5, 5.41) is 12.6. The summed E-state index contributed by atoms with van der Waals surface area (Å²) in [7, 11) is 0. The molecule has 25 heavy (non-hydrogen) atoms. The van der Waals surface area contributed by atoms with E-state index in [0.29, 0.717) is 6.54 Å². The van der Waals surface area contributed by atoms with Crippen molar-refractivity contribution in [2.45, 2.75) is 32.8 Å². The highest BCUT2D eigenvalue weighted by molar-refractivity contribution is 5.94. The molecule has 0 radical (unpaired) electrons. The molecule has 2 aromatic carbocycles. The minimum absolute atomic E-state index is 0.0444. The van der Waals surface area contributed by atoms with Crippen LogP contribution in [0.4, 0.5) is 0 Å². The fourth-order valence-corrected chi connectivity index (χ4v) is 2.39. The van der Waals surface area contributed by atoms with E-state index in [1.807, 2.05) is 37.3 Å². The lowest BCUT2D eigenvalue weighted by Crippen LogP contribution is -2.37. The summed E-state index contributed by atoms with van der Waals surface area (Å²) in [5.74, 6) is -1.11. The van der Waals surface area contributed by atoms with Gasteiger partial charge < -0.3 is 15.2 Å². The molecule has 2 N–H and O–H groups in total. The second kappa shape index (κ2) is 8.33. The van der Waals surface area contributed by atoms with Crippen molar-refractivity contribution in [3.63, 3.8) is 0 Å². The van der Waals surface area contributed by atoms with Crippen molar-refractivity contribution in [1.82, 2.24) is 5.32 Å². The SMILES string of the molecule is Cc1ccc(C(=O)O[C@H](C)C(=O)NC[C@@H](C)c2ccccc2)c(O)c1. The Labute approximate surface area is 147 Å². The maximum atomic E-state index is 12.1. The Morgan fingerprint density at radius 3 is 2.44 bits per heavy atom. The zero-order valence-corrected chi connectivity index (χ0v) is 14.7. The van der Waals surface area contributed by atoms with E-state index in [4.69, 9.17) is 4.74 Å². The number of phenols is 1. The molecular formula is C20H23NO4. The lowest BCUT2D eigenvalue weighted by molar-refractivity contribution is -0.129. The smallest absolute Gasteiger partial charge is 0.342 e. The van der Waals surface area contributed by atoms with Crippen molar-refractivity contribution in [2.75, 3.05) is 6.54 Å². The minimum atomic E-state index is -0.948. The number of carbonyl (C=O) groups is 2. The summed E-state index contributed by atoms with van der Waals surface area (Å²) in [6.07, 6.45) is -0.948. The highest BCUT2D eigenvalue weighted by atomic mass is 16.5. The summed E-state index contributed by atoms with van der Waals surface area (Å²) >= 11 is 0. The molecule has 0 saturated heterocycles. The molecular weight excluding hydrogens is 318 g/mol. The molecule has 0 spiro atoms. The zero-order valence-electron chi connectivity index (χ0n) is 14.7. The molecule has 5 heteroatoms. The quantitative estimate of drug-likeness (QED) is 0.791. The van der Waals surface area contributed by atoms with E-state index >= 15 is 0 Å². The van der Waals surface area contributed by atoms with Crippen molar-refractivity contribution in [3.8, 4) is 5.75 Å². The Morgan fingerprint density at radius 1 is 1.12 bits per heavy atom. The van der Waals surface area contributed by atoms with Gasteiger partial charge in [-0.2, -0.15) is 0 Å². The van der Waals surface area contributed by atoms with Gasteiger partial charge in [0.25, 0.3) is 5.91 Å². The van der Waals surface area contributed by atoms with Gasteiger partial charge in [-0.15, -0.1) is 0 Å². The maximum absolute atomic E-state index is 12.1. The monoisotopic (exact) mass is 341 g/mol. The third-order valence-electron chi connectivity index (χ3n) is 3.98. The van der Waals surface area contributed by atoms with E-state index in [1.54, 1.807) is 13.0 Å². The van der Waals surface area contributed by atoms with Crippen LogP contribution in [0, 0.1) is 6.92 Å². The Hall–Kier alpha value is -2.82. The molecule has 0 aliphatic rings. The van der Waals surface area contributed by atoms with Crippen molar-refractivity contribution in [1.29, 1.82) is 0 Å². The van der Waals surface area contributed by atoms with Gasteiger partial charge in [0, 0.05) is 6.54 Å². The summed E-state index contributed by atoms with van der Waals surface area (Å²) in [6.45, 7) is 5.77. The van der Waals surface area contributed by atoms with Crippen LogP contribution in [0.3, 0.4) is 0 Å². The van der Waals surface area contributed by atoms with Gasteiger partial charge in [-0.1, -0.05) is 43.3 Å². The number of benzene rings is 2. The molecule has 0 unspecified atom stereocenters. The van der Waals surface area contributed by atoms with Gasteiger partial charge in [-0.3, -0.25) is 4.79 Å². The van der Waals surface area contributed by atoms with Crippen LogP contribution in [0.25, 0.3) is 0 Å². The van der Waals surface area contributed by atoms with Crippen LogP contribution in [-0.2, 0) is 9.53 Å². The fraction of sp³-hybridized carbons (Fsp3) is 0.300. The Balaban J connectivity index is 1.88. The van der Waals surface area contributed by atoms with Crippen LogP contribution in [0.2, 0.25) is 0 Å². The molecule has 0 aliphatic heterocycles. The normalized spacial score (nSPS) is 12.9. The number of hydrogen-bond acceptors (Lipinski definition) is 4. The summed E-state index contributed by atoms with van der Waals surface area (Å²) in [4.78, 5) is 24.2. The van der Waals surface area contributed by atoms with Crippen molar-refractivity contribution < 1.29 is 19.4 Å². The first kappa shape index (κ1) is 18.5. The second-order valence-electron chi connectivity index (χ2n) is 6.13. The molecule has 1 amide bonds. The predicted octanol–water partition coefficient (Wildman–Crippen LogP) is 3.17. The number of amides is 1. The molecule has 0 fully saturated rings. The molecule has 0 saturated carbocycles. The number of carbonyl (C=O) groups excluding carboxylic acids is 2. The Morgan fingerprint density at radius 2 is 1.80 bits per heavy atom. The van der Waals surface area contributed by atoms with Crippen LogP contribution in [0.15, 0.2) is 48.5 Å². The minimum Gasteiger partial charge on any atom is -0.507 e. The van der Waals surface area contributed by atoms with Crippen molar-refractivity contribution in [2.24, 2.45) is 0 Å². The van der Waals surface area contributed by atoms with Crippen LogP contribution in [0.5, 0.6) is 5.75 Å². The van der Waals surface area contributed by atoms with Crippen molar-refractivity contribution >= 4 is 11.9 Å². The number of nitrogens with one attached hydrogen (secondary N) is 1. The molecule has 0 heterocycles. The fourth-order valence-electron chi connectivity index (χ4n) is 2.39. The maximum Gasteiger partial charge on any atom is 0.342 e. The number of hydrogen-bond donors (Lipinski definition) is 2. The number of esters is 1. The molecule has 5 nitrogen and oxygen atoms in total. The average molecular weight is 341 g/mol. The first-order valence-electron chi connectivity index (χ1n) is 8.21. The van der Waals surface area contributed by atoms with Crippen LogP contribution in [-0.4, -0.2) is 29.6 Å². The highest BCUT2D eigenvalue weighted by Crippen LogP contribution is 2.20. The summed E-state index contributed by atoms with van der Waals surface area (Å²) < 4.78 is 5.15. The second-order valence-corrected chi connectivity index (χ2v) is 6.13.